The summed E-state index contributed by atoms with van der Waals surface area (Å²) in [5.41, 5.74) is 0. The average Bonchev–Trinajstić information content (AvgIpc) is 2.35. The van der Waals surface area contributed by atoms with Gasteiger partial charge in [0.2, 0.25) is 9.84 Å². The Labute approximate surface area is 166 Å². The SMILES string of the molecule is O=S(=O)(c1ccc(I)c(I)c1)c1ccc(I)c(I)c1. The molecule has 0 heterocycles. The molecule has 0 aliphatic rings. The van der Waals surface area contributed by atoms with Crippen LogP contribution in [0.5, 0.6) is 0 Å². The van der Waals surface area contributed by atoms with Gasteiger partial charge in [0, 0.05) is 14.3 Å². The minimum Gasteiger partial charge on any atom is -0.219 e. The third-order valence-corrected chi connectivity index (χ3v) is 9.88. The van der Waals surface area contributed by atoms with Gasteiger partial charge in [-0.2, -0.15) is 0 Å². The molecule has 2 aromatic rings. The lowest BCUT2D eigenvalue weighted by Crippen LogP contribution is -2.03. The fourth-order valence-electron chi connectivity index (χ4n) is 1.42. The van der Waals surface area contributed by atoms with Crippen molar-refractivity contribution in [1.29, 1.82) is 0 Å². The molecule has 0 aliphatic heterocycles. The number of hydrogen-bond donors (Lipinski definition) is 0. The Morgan fingerprint density at radius 2 is 1.00 bits per heavy atom. The van der Waals surface area contributed by atoms with Gasteiger partial charge in [0.05, 0.1) is 9.79 Å². The van der Waals surface area contributed by atoms with E-state index in [2.05, 4.69) is 90.4 Å². The first-order valence-corrected chi connectivity index (χ1v) is 10.8. The van der Waals surface area contributed by atoms with E-state index in [-0.39, 0.29) is 0 Å². The van der Waals surface area contributed by atoms with E-state index < -0.39 is 9.84 Å². The first kappa shape index (κ1) is 16.7. The molecule has 2 rings (SSSR count). The molecule has 0 aromatic heterocycles. The minimum absolute atomic E-state index is 0.342. The molecule has 0 radical (unpaired) electrons. The molecule has 19 heavy (non-hydrogen) atoms. The lowest BCUT2D eigenvalue weighted by atomic mass is 10.4. The van der Waals surface area contributed by atoms with E-state index in [1.165, 1.54) is 0 Å². The van der Waals surface area contributed by atoms with Crippen molar-refractivity contribution in [2.45, 2.75) is 9.79 Å². The van der Waals surface area contributed by atoms with Gasteiger partial charge in [-0.3, -0.25) is 0 Å². The van der Waals surface area contributed by atoms with Crippen LogP contribution in [0.2, 0.25) is 0 Å². The van der Waals surface area contributed by atoms with Crippen LogP contribution in [0.3, 0.4) is 0 Å². The maximum Gasteiger partial charge on any atom is 0.206 e. The summed E-state index contributed by atoms with van der Waals surface area (Å²) in [6.45, 7) is 0. The van der Waals surface area contributed by atoms with E-state index in [4.69, 9.17) is 0 Å². The standard InChI is InChI=1S/C12H6I4O2S/c13-9-3-1-7(5-11(9)15)19(17,18)8-2-4-10(14)12(16)6-8/h1-6H. The lowest BCUT2D eigenvalue weighted by molar-refractivity contribution is 0.596. The maximum atomic E-state index is 12.5. The van der Waals surface area contributed by atoms with Crippen LogP contribution in [0.1, 0.15) is 0 Å². The molecule has 7 heteroatoms. The Morgan fingerprint density at radius 3 is 1.32 bits per heavy atom. The Kier molecular flexibility index (Phi) is 5.80. The van der Waals surface area contributed by atoms with Crippen LogP contribution < -0.4 is 0 Å². The summed E-state index contributed by atoms with van der Waals surface area (Å²) in [5.74, 6) is 0. The van der Waals surface area contributed by atoms with Crippen LogP contribution in [-0.2, 0) is 9.84 Å². The Balaban J connectivity index is 2.58. The molecule has 2 aromatic carbocycles. The van der Waals surface area contributed by atoms with Crippen molar-refractivity contribution < 1.29 is 8.42 Å². The van der Waals surface area contributed by atoms with Crippen molar-refractivity contribution in [3.63, 3.8) is 0 Å². The molecule has 100 valence electrons. The van der Waals surface area contributed by atoms with Gasteiger partial charge in [0.25, 0.3) is 0 Å². The molecule has 0 amide bonds. The van der Waals surface area contributed by atoms with Crippen LogP contribution in [0, 0.1) is 14.3 Å². The summed E-state index contributed by atoms with van der Waals surface area (Å²) >= 11 is 8.67. The second-order valence-electron chi connectivity index (χ2n) is 3.66. The highest BCUT2D eigenvalue weighted by Gasteiger charge is 2.19. The van der Waals surface area contributed by atoms with Crippen molar-refractivity contribution in [1.82, 2.24) is 0 Å². The third kappa shape index (κ3) is 3.74. The fourth-order valence-corrected chi connectivity index (χ4v) is 4.86. The average molecular weight is 722 g/mol. The van der Waals surface area contributed by atoms with Crippen LogP contribution in [0.15, 0.2) is 46.2 Å². The van der Waals surface area contributed by atoms with Gasteiger partial charge in [-0.25, -0.2) is 8.42 Å². The number of benzene rings is 2. The normalized spacial score (nSPS) is 11.6. The highest BCUT2D eigenvalue weighted by molar-refractivity contribution is 14.1. The van der Waals surface area contributed by atoms with E-state index in [0.29, 0.717) is 9.79 Å². The summed E-state index contributed by atoms with van der Waals surface area (Å²) < 4.78 is 29.1. The lowest BCUT2D eigenvalue weighted by Gasteiger charge is -2.07. The van der Waals surface area contributed by atoms with Gasteiger partial charge in [-0.1, -0.05) is 0 Å². The zero-order chi connectivity index (χ0) is 14.2. The van der Waals surface area contributed by atoms with Crippen molar-refractivity contribution >= 4 is 100 Å². The summed E-state index contributed by atoms with van der Waals surface area (Å²) in [4.78, 5) is 0.684. The molecule has 0 aliphatic carbocycles. The Bertz CT molecular complexity index is 684. The molecule has 0 saturated heterocycles. The smallest absolute Gasteiger partial charge is 0.206 e. The van der Waals surface area contributed by atoms with Crippen molar-refractivity contribution in [3.05, 3.63) is 50.7 Å². The van der Waals surface area contributed by atoms with Crippen molar-refractivity contribution in [2.75, 3.05) is 0 Å². The largest absolute Gasteiger partial charge is 0.219 e. The monoisotopic (exact) mass is 722 g/mol. The fraction of sp³-hybridized carbons (Fsp3) is 0. The summed E-state index contributed by atoms with van der Waals surface area (Å²) in [7, 11) is -3.43. The van der Waals surface area contributed by atoms with E-state index in [9.17, 15) is 8.42 Å². The number of halogens is 4. The molecule has 0 spiro atoms. The van der Waals surface area contributed by atoms with E-state index in [1.807, 2.05) is 12.1 Å². The zero-order valence-corrected chi connectivity index (χ0v) is 18.6. The number of sulfone groups is 1. The second kappa shape index (κ2) is 6.60. The van der Waals surface area contributed by atoms with E-state index in [1.54, 1.807) is 24.3 Å². The van der Waals surface area contributed by atoms with Crippen LogP contribution >= 0.6 is 90.4 Å². The van der Waals surface area contributed by atoms with E-state index in [0.717, 1.165) is 14.3 Å². The molecule has 0 N–H and O–H groups in total. The number of rotatable bonds is 2. The van der Waals surface area contributed by atoms with Gasteiger partial charge in [0.15, 0.2) is 0 Å². The van der Waals surface area contributed by atoms with Crippen LogP contribution in [0.25, 0.3) is 0 Å². The number of hydrogen-bond acceptors (Lipinski definition) is 2. The van der Waals surface area contributed by atoms with Crippen molar-refractivity contribution in [3.8, 4) is 0 Å². The molecular weight excluding hydrogens is 716 g/mol. The van der Waals surface area contributed by atoms with Gasteiger partial charge in [0.1, 0.15) is 0 Å². The van der Waals surface area contributed by atoms with E-state index >= 15 is 0 Å². The van der Waals surface area contributed by atoms with Gasteiger partial charge >= 0.3 is 0 Å². The summed E-state index contributed by atoms with van der Waals surface area (Å²) in [6, 6.07) is 10.4. The molecular formula is C12H6I4O2S. The quantitative estimate of drug-likeness (QED) is 0.413. The highest BCUT2D eigenvalue weighted by Crippen LogP contribution is 2.27. The molecule has 0 fully saturated rings. The molecule has 0 saturated carbocycles. The first-order chi connectivity index (χ1) is 8.82. The maximum absolute atomic E-state index is 12.5. The summed E-state index contributed by atoms with van der Waals surface area (Å²) in [6.07, 6.45) is 0. The Morgan fingerprint density at radius 1 is 0.632 bits per heavy atom. The van der Waals surface area contributed by atoms with Gasteiger partial charge in [-0.05, 0) is 127 Å². The summed E-state index contributed by atoms with van der Waals surface area (Å²) in [5, 5.41) is 0. The predicted molar refractivity (Wildman–Crippen MR) is 109 cm³/mol. The molecule has 2 nitrogen and oxygen atoms in total. The van der Waals surface area contributed by atoms with Gasteiger partial charge < -0.3 is 0 Å². The molecule has 0 atom stereocenters. The highest BCUT2D eigenvalue weighted by atomic mass is 127. The Hall–Kier alpha value is 1.31. The first-order valence-electron chi connectivity index (χ1n) is 4.97. The second-order valence-corrected chi connectivity index (χ2v) is 10.3. The predicted octanol–water partition coefficient (Wildman–Crippen LogP) is 4.94. The van der Waals surface area contributed by atoms with Crippen LogP contribution in [0.4, 0.5) is 0 Å². The molecule has 0 bridgehead atoms. The zero-order valence-electron chi connectivity index (χ0n) is 9.20. The third-order valence-electron chi connectivity index (χ3n) is 2.40. The minimum atomic E-state index is -3.43. The molecule has 0 unspecified atom stereocenters. The van der Waals surface area contributed by atoms with Gasteiger partial charge in [-0.15, -0.1) is 0 Å². The topological polar surface area (TPSA) is 34.1 Å². The van der Waals surface area contributed by atoms with Crippen LogP contribution in [-0.4, -0.2) is 8.42 Å². The van der Waals surface area contributed by atoms with Crippen molar-refractivity contribution in [2.24, 2.45) is 0 Å².